The first-order valence-electron chi connectivity index (χ1n) is 11.0. The summed E-state index contributed by atoms with van der Waals surface area (Å²) in [4.78, 5) is 37.5. The smallest absolute Gasteiger partial charge is 0.407 e. The molecule has 0 saturated carbocycles. The van der Waals surface area contributed by atoms with Crippen molar-refractivity contribution in [3.8, 4) is 11.1 Å². The van der Waals surface area contributed by atoms with Gasteiger partial charge in [-0.2, -0.15) is 13.2 Å². The molecule has 0 spiro atoms. The predicted molar refractivity (Wildman–Crippen MR) is 122 cm³/mol. The highest BCUT2D eigenvalue weighted by molar-refractivity contribution is 5.88. The highest BCUT2D eigenvalue weighted by Crippen LogP contribution is 2.44. The van der Waals surface area contributed by atoms with E-state index in [9.17, 15) is 27.6 Å². The molecule has 0 bridgehead atoms. The summed E-state index contributed by atoms with van der Waals surface area (Å²) in [5.74, 6) is -2.87. The quantitative estimate of drug-likeness (QED) is 0.591. The van der Waals surface area contributed by atoms with Gasteiger partial charge in [-0.15, -0.1) is 0 Å². The van der Waals surface area contributed by atoms with E-state index in [0.29, 0.717) is 0 Å². The van der Waals surface area contributed by atoms with E-state index in [4.69, 9.17) is 9.84 Å². The average molecular weight is 492 g/mol. The van der Waals surface area contributed by atoms with E-state index in [1.807, 2.05) is 53.8 Å². The van der Waals surface area contributed by atoms with Gasteiger partial charge in [0.25, 0.3) is 0 Å². The van der Waals surface area contributed by atoms with E-state index in [1.54, 1.807) is 0 Å². The van der Waals surface area contributed by atoms with Gasteiger partial charge in [-0.1, -0.05) is 48.5 Å². The molecule has 1 aliphatic rings. The number of amides is 2. The van der Waals surface area contributed by atoms with Crippen LogP contribution in [0.3, 0.4) is 0 Å². The zero-order valence-corrected chi connectivity index (χ0v) is 19.6. The van der Waals surface area contributed by atoms with Crippen molar-refractivity contribution in [2.45, 2.75) is 50.9 Å². The summed E-state index contributed by atoms with van der Waals surface area (Å²) in [5.41, 5.74) is 2.71. The van der Waals surface area contributed by atoms with Crippen molar-refractivity contribution in [3.63, 3.8) is 0 Å². The topological polar surface area (TPSA) is 95.9 Å². The number of rotatable bonds is 7. The van der Waals surface area contributed by atoms with E-state index in [1.165, 1.54) is 20.8 Å². The van der Waals surface area contributed by atoms with Gasteiger partial charge >= 0.3 is 18.2 Å². The van der Waals surface area contributed by atoms with E-state index in [-0.39, 0.29) is 12.5 Å². The summed E-state index contributed by atoms with van der Waals surface area (Å²) in [6.45, 7) is 3.51. The number of nitrogens with one attached hydrogen (secondary N) is 1. The molecule has 0 saturated heterocycles. The minimum Gasteiger partial charge on any atom is -0.480 e. The van der Waals surface area contributed by atoms with Gasteiger partial charge in [0.1, 0.15) is 19.2 Å². The number of alkyl halides is 3. The fourth-order valence-electron chi connectivity index (χ4n) is 4.18. The first-order chi connectivity index (χ1) is 16.3. The first-order valence-corrected chi connectivity index (χ1v) is 11.0. The van der Waals surface area contributed by atoms with Crippen LogP contribution in [0, 0.1) is 0 Å². The molecule has 35 heavy (non-hydrogen) atoms. The van der Waals surface area contributed by atoms with Gasteiger partial charge < -0.3 is 20.1 Å². The van der Waals surface area contributed by atoms with Gasteiger partial charge in [-0.05, 0) is 43.0 Å². The van der Waals surface area contributed by atoms with E-state index in [2.05, 4.69) is 0 Å². The molecular weight excluding hydrogens is 465 g/mol. The van der Waals surface area contributed by atoms with E-state index >= 15 is 0 Å². The number of fused-ring (bicyclic) bond motifs is 3. The molecule has 2 N–H and O–H groups in total. The Labute approximate surface area is 200 Å². The third-order valence-electron chi connectivity index (χ3n) is 5.74. The number of alkyl carbamates (subject to hydrolysis) is 1. The molecule has 1 atom stereocenters. The van der Waals surface area contributed by atoms with Crippen LogP contribution in [0.1, 0.15) is 44.2 Å². The molecule has 2 aromatic rings. The molecule has 1 aliphatic carbocycles. The zero-order valence-electron chi connectivity index (χ0n) is 19.6. The van der Waals surface area contributed by atoms with Crippen LogP contribution in [-0.2, 0) is 14.3 Å². The number of carbonyl (C=O) groups excluding carboxylic acids is 2. The fraction of sp³-hybridized carbons (Fsp3) is 0.400. The third-order valence-corrected chi connectivity index (χ3v) is 5.74. The molecular formula is C25H27F3N2O5. The number of hydrogen-bond donors (Lipinski definition) is 2. The van der Waals surface area contributed by atoms with Crippen LogP contribution in [-0.4, -0.2) is 58.9 Å². The fourth-order valence-corrected chi connectivity index (χ4v) is 4.18. The summed E-state index contributed by atoms with van der Waals surface area (Å²) in [6, 6.07) is 13.1. The molecule has 1 unspecified atom stereocenters. The molecule has 0 radical (unpaired) electrons. The van der Waals surface area contributed by atoms with Crippen LogP contribution < -0.4 is 5.32 Å². The van der Waals surface area contributed by atoms with Gasteiger partial charge in [0, 0.05) is 11.5 Å². The summed E-state index contributed by atoms with van der Waals surface area (Å²) < 4.78 is 44.9. The van der Waals surface area contributed by atoms with Crippen molar-refractivity contribution >= 4 is 18.0 Å². The lowest BCUT2D eigenvalue weighted by atomic mass is 9.98. The van der Waals surface area contributed by atoms with Crippen LogP contribution in [0.2, 0.25) is 0 Å². The molecule has 188 valence electrons. The van der Waals surface area contributed by atoms with E-state index < -0.39 is 48.7 Å². The van der Waals surface area contributed by atoms with Gasteiger partial charge in [0.15, 0.2) is 0 Å². The molecule has 0 aromatic heterocycles. The molecule has 2 amide bonds. The Morgan fingerprint density at radius 2 is 1.51 bits per heavy atom. The highest BCUT2D eigenvalue weighted by atomic mass is 19.4. The third kappa shape index (κ3) is 6.32. The van der Waals surface area contributed by atoms with Crippen molar-refractivity contribution in [2.24, 2.45) is 0 Å². The Morgan fingerprint density at radius 3 is 1.97 bits per heavy atom. The van der Waals surface area contributed by atoms with Crippen LogP contribution in [0.15, 0.2) is 48.5 Å². The largest absolute Gasteiger partial charge is 0.480 e. The number of halogens is 3. The van der Waals surface area contributed by atoms with Gasteiger partial charge in [0.2, 0.25) is 5.91 Å². The molecule has 0 aliphatic heterocycles. The second-order valence-electron chi connectivity index (χ2n) is 9.33. The molecule has 0 heterocycles. The second kappa shape index (κ2) is 9.97. The SMILES string of the molecule is CC(C)(C)N(CC(=O)O)C(=O)C(CC(F)(F)F)NC(=O)OCC1c2ccccc2-c2ccccc21. The van der Waals surface area contributed by atoms with Gasteiger partial charge in [-0.3, -0.25) is 9.59 Å². The average Bonchev–Trinajstić information content (AvgIpc) is 3.07. The number of hydrogen-bond acceptors (Lipinski definition) is 4. The van der Waals surface area contributed by atoms with Gasteiger partial charge in [-0.25, -0.2) is 4.79 Å². The zero-order chi connectivity index (χ0) is 26.0. The lowest BCUT2D eigenvalue weighted by Gasteiger charge is -2.37. The maximum absolute atomic E-state index is 13.2. The Morgan fingerprint density at radius 1 is 1.00 bits per heavy atom. The van der Waals surface area contributed by atoms with Gasteiger partial charge in [0.05, 0.1) is 6.42 Å². The molecule has 3 rings (SSSR count). The number of nitrogens with zero attached hydrogens (tertiary/aromatic N) is 1. The van der Waals surface area contributed by atoms with Crippen molar-refractivity contribution in [3.05, 3.63) is 59.7 Å². The number of ether oxygens (including phenoxy) is 1. The van der Waals surface area contributed by atoms with E-state index in [0.717, 1.165) is 27.2 Å². The summed E-state index contributed by atoms with van der Waals surface area (Å²) in [6.07, 6.45) is -7.65. The van der Waals surface area contributed by atoms with Crippen molar-refractivity contribution < 1.29 is 37.4 Å². The monoisotopic (exact) mass is 492 g/mol. The standard InChI is InChI=1S/C25H27F3N2O5/c1-24(2,3)30(13-21(31)32)22(33)20(12-25(26,27)28)29-23(34)35-14-19-17-10-6-4-8-15(17)16-9-5-7-11-18(16)19/h4-11,19-20H,12-14H2,1-3H3,(H,29,34)(H,31,32). The Bertz CT molecular complexity index is 1070. The number of carbonyl (C=O) groups is 3. The van der Waals surface area contributed by atoms with Crippen molar-refractivity contribution in [1.29, 1.82) is 0 Å². The Kier molecular flexibility index (Phi) is 7.42. The van der Waals surface area contributed by atoms with Crippen molar-refractivity contribution in [2.75, 3.05) is 13.2 Å². The minimum atomic E-state index is -4.79. The normalized spacial score (nSPS) is 14.0. The number of carboxylic acids is 1. The number of benzene rings is 2. The highest BCUT2D eigenvalue weighted by Gasteiger charge is 2.41. The summed E-state index contributed by atoms with van der Waals surface area (Å²) >= 11 is 0. The second-order valence-corrected chi connectivity index (χ2v) is 9.33. The van der Waals surface area contributed by atoms with Crippen LogP contribution in [0.5, 0.6) is 0 Å². The summed E-state index contributed by atoms with van der Waals surface area (Å²) in [5, 5.41) is 11.1. The first kappa shape index (κ1) is 26.1. The molecule has 2 aromatic carbocycles. The summed E-state index contributed by atoms with van der Waals surface area (Å²) in [7, 11) is 0. The predicted octanol–water partition coefficient (Wildman–Crippen LogP) is 4.56. The van der Waals surface area contributed by atoms with Crippen molar-refractivity contribution in [1.82, 2.24) is 10.2 Å². The molecule has 10 heteroatoms. The Hall–Kier alpha value is -3.56. The minimum absolute atomic E-state index is 0.148. The van der Waals surface area contributed by atoms with Crippen LogP contribution >= 0.6 is 0 Å². The number of aliphatic carboxylic acids is 1. The number of carboxylic acid groups (broad SMARTS) is 1. The van der Waals surface area contributed by atoms with Crippen LogP contribution in [0.4, 0.5) is 18.0 Å². The molecule has 0 fully saturated rings. The Balaban J connectivity index is 1.76. The maximum atomic E-state index is 13.2. The lowest BCUT2D eigenvalue weighted by molar-refractivity contribution is -0.159. The lowest BCUT2D eigenvalue weighted by Crippen LogP contribution is -2.57. The van der Waals surface area contributed by atoms with Crippen LogP contribution in [0.25, 0.3) is 11.1 Å². The molecule has 7 nitrogen and oxygen atoms in total. The maximum Gasteiger partial charge on any atom is 0.407 e.